The third-order valence-electron chi connectivity index (χ3n) is 4.08. The number of likely N-dealkylation sites (tertiary alicyclic amines) is 1. The Bertz CT molecular complexity index is 703. The van der Waals surface area contributed by atoms with Gasteiger partial charge in [0.2, 0.25) is 0 Å². The molecule has 1 saturated heterocycles. The summed E-state index contributed by atoms with van der Waals surface area (Å²) in [6, 6.07) is 5.69. The topological polar surface area (TPSA) is 107 Å². The minimum absolute atomic E-state index is 0.155. The zero-order chi connectivity index (χ0) is 16.4. The number of likely N-dealkylation sites (N-methyl/N-ethyl adjacent to an activating group) is 1. The Hall–Kier alpha value is -2.03. The van der Waals surface area contributed by atoms with E-state index < -0.39 is 5.91 Å². The standard InChI is InChI=1S/C15H20N6OS/c1-21(8-4-5-10(16)9-21)15-20-12(13(17)22)14(23-15)19-11-6-2-3-7-18-11/h2-3,6-7,10H,4-5,8-9,16H2,1H3,(H2-,17,18,19,22)/p+1. The first-order valence-corrected chi connectivity index (χ1v) is 8.39. The molecule has 0 saturated carbocycles. The first-order valence-electron chi connectivity index (χ1n) is 7.57. The predicted octanol–water partition coefficient (Wildman–Crippen LogP) is 1.44. The first-order chi connectivity index (χ1) is 11.0. The van der Waals surface area contributed by atoms with Gasteiger partial charge >= 0.3 is 0 Å². The number of primary amides is 1. The van der Waals surface area contributed by atoms with Crippen LogP contribution in [0.4, 0.5) is 16.0 Å². The molecular formula is C15H21N6OS+. The maximum atomic E-state index is 11.8. The molecule has 1 aliphatic heterocycles. The van der Waals surface area contributed by atoms with Gasteiger partial charge in [-0.05, 0) is 36.3 Å². The number of piperidine rings is 1. The summed E-state index contributed by atoms with van der Waals surface area (Å²) < 4.78 is 0.635. The summed E-state index contributed by atoms with van der Waals surface area (Å²) in [6.45, 7) is 1.77. The van der Waals surface area contributed by atoms with Crippen molar-refractivity contribution in [3.05, 3.63) is 30.1 Å². The van der Waals surface area contributed by atoms with E-state index in [1.54, 1.807) is 6.20 Å². The number of hydrogen-bond acceptors (Lipinski definition) is 6. The molecule has 0 radical (unpaired) electrons. The van der Waals surface area contributed by atoms with Crippen LogP contribution in [-0.2, 0) is 0 Å². The quantitative estimate of drug-likeness (QED) is 0.734. The van der Waals surface area contributed by atoms with Gasteiger partial charge in [-0.1, -0.05) is 6.07 Å². The molecule has 0 bridgehead atoms. The lowest BCUT2D eigenvalue weighted by atomic mass is 10.1. The second-order valence-electron chi connectivity index (χ2n) is 6.08. The number of anilines is 2. The van der Waals surface area contributed by atoms with Crippen LogP contribution in [0.25, 0.3) is 0 Å². The number of carbonyl (C=O) groups excluding carboxylic acids is 1. The molecule has 23 heavy (non-hydrogen) atoms. The Morgan fingerprint density at radius 1 is 1.48 bits per heavy atom. The van der Waals surface area contributed by atoms with Crippen LogP contribution in [0.2, 0.25) is 0 Å². The highest BCUT2D eigenvalue weighted by Gasteiger charge is 2.36. The Morgan fingerprint density at radius 3 is 2.96 bits per heavy atom. The van der Waals surface area contributed by atoms with Crippen molar-refractivity contribution in [2.45, 2.75) is 18.9 Å². The highest BCUT2D eigenvalue weighted by atomic mass is 32.1. The number of nitrogens with one attached hydrogen (secondary N) is 1. The maximum Gasteiger partial charge on any atom is 0.288 e. The van der Waals surface area contributed by atoms with E-state index in [1.165, 1.54) is 11.3 Å². The summed E-state index contributed by atoms with van der Waals surface area (Å²) in [5.74, 6) is 0.113. The number of aromatic nitrogens is 2. The lowest BCUT2D eigenvalue weighted by Crippen LogP contribution is -2.56. The van der Waals surface area contributed by atoms with Gasteiger partial charge in [-0.25, -0.2) is 4.98 Å². The summed E-state index contributed by atoms with van der Waals surface area (Å²) in [7, 11) is 2.10. The molecule has 2 aromatic rings. The fraction of sp³-hybridized carbons (Fsp3) is 0.400. The molecule has 5 N–H and O–H groups in total. The monoisotopic (exact) mass is 333 g/mol. The van der Waals surface area contributed by atoms with Gasteiger partial charge in [-0.15, -0.1) is 0 Å². The smallest absolute Gasteiger partial charge is 0.288 e. The van der Waals surface area contributed by atoms with E-state index in [-0.39, 0.29) is 11.7 Å². The van der Waals surface area contributed by atoms with Crippen LogP contribution in [0.3, 0.4) is 0 Å². The molecule has 1 aliphatic rings. The van der Waals surface area contributed by atoms with Gasteiger partial charge in [-0.3, -0.25) is 9.28 Å². The average Bonchev–Trinajstić information content (AvgIpc) is 2.93. The number of carbonyl (C=O) groups is 1. The average molecular weight is 333 g/mol. The van der Waals surface area contributed by atoms with Gasteiger partial charge in [0.25, 0.3) is 11.0 Å². The van der Waals surface area contributed by atoms with Crippen LogP contribution < -0.4 is 21.3 Å². The highest BCUT2D eigenvalue weighted by Crippen LogP contribution is 2.37. The SMILES string of the molecule is C[N+]1(c2nc(C(N)=O)c(Nc3ccccn3)s2)CCCC(N)C1. The normalized spacial score (nSPS) is 24.3. The summed E-state index contributed by atoms with van der Waals surface area (Å²) in [5.41, 5.74) is 11.9. The summed E-state index contributed by atoms with van der Waals surface area (Å²) in [4.78, 5) is 20.5. The van der Waals surface area contributed by atoms with Crippen molar-refractivity contribution >= 4 is 33.2 Å². The number of thiazole rings is 1. The number of quaternary nitrogens is 1. The zero-order valence-corrected chi connectivity index (χ0v) is 13.8. The molecule has 2 atom stereocenters. The van der Waals surface area contributed by atoms with Crippen molar-refractivity contribution in [1.82, 2.24) is 14.5 Å². The number of amides is 1. The molecule has 3 rings (SSSR count). The molecule has 1 amide bonds. The van der Waals surface area contributed by atoms with Crippen LogP contribution >= 0.6 is 11.3 Å². The van der Waals surface area contributed by atoms with Crippen molar-refractivity contribution < 1.29 is 4.79 Å². The molecule has 1 fully saturated rings. The molecule has 8 heteroatoms. The molecule has 2 unspecified atom stereocenters. The van der Waals surface area contributed by atoms with Crippen molar-refractivity contribution in [2.75, 3.05) is 25.5 Å². The van der Waals surface area contributed by atoms with Crippen molar-refractivity contribution in [3.63, 3.8) is 0 Å². The van der Waals surface area contributed by atoms with E-state index >= 15 is 0 Å². The molecule has 2 aromatic heterocycles. The Balaban J connectivity index is 1.94. The first kappa shape index (κ1) is 15.9. The molecular weight excluding hydrogens is 312 g/mol. The maximum absolute atomic E-state index is 11.8. The van der Waals surface area contributed by atoms with Crippen LogP contribution in [0.5, 0.6) is 0 Å². The van der Waals surface area contributed by atoms with Crippen molar-refractivity contribution in [2.24, 2.45) is 11.5 Å². The van der Waals surface area contributed by atoms with E-state index in [0.717, 1.165) is 31.1 Å². The Kier molecular flexibility index (Phi) is 4.29. The lowest BCUT2D eigenvalue weighted by molar-refractivity contribution is 0.0996. The Morgan fingerprint density at radius 2 is 2.30 bits per heavy atom. The van der Waals surface area contributed by atoms with Crippen LogP contribution in [-0.4, -0.2) is 42.1 Å². The highest BCUT2D eigenvalue weighted by molar-refractivity contribution is 7.19. The van der Waals surface area contributed by atoms with Crippen LogP contribution in [0.15, 0.2) is 24.4 Å². The number of pyridine rings is 1. The predicted molar refractivity (Wildman–Crippen MR) is 92.8 cm³/mol. The van der Waals surface area contributed by atoms with E-state index in [9.17, 15) is 4.79 Å². The fourth-order valence-corrected chi connectivity index (χ4v) is 4.03. The molecule has 3 heterocycles. The van der Waals surface area contributed by atoms with Gasteiger partial charge in [0.1, 0.15) is 17.4 Å². The molecule has 0 spiro atoms. The van der Waals surface area contributed by atoms with Gasteiger partial charge in [0.05, 0.1) is 19.6 Å². The van der Waals surface area contributed by atoms with Gasteiger partial charge in [-0.2, -0.15) is 4.98 Å². The summed E-state index contributed by atoms with van der Waals surface area (Å²) >= 11 is 1.44. The third-order valence-corrected chi connectivity index (χ3v) is 5.30. The minimum Gasteiger partial charge on any atom is -0.364 e. The van der Waals surface area contributed by atoms with Gasteiger partial charge < -0.3 is 16.8 Å². The number of rotatable bonds is 4. The second kappa shape index (κ2) is 6.23. The summed E-state index contributed by atoms with van der Waals surface area (Å²) in [5, 5.41) is 4.63. The molecule has 7 nitrogen and oxygen atoms in total. The van der Waals surface area contributed by atoms with E-state index in [2.05, 4.69) is 22.3 Å². The van der Waals surface area contributed by atoms with Gasteiger partial charge in [0.15, 0.2) is 5.69 Å². The van der Waals surface area contributed by atoms with Crippen molar-refractivity contribution in [1.29, 1.82) is 0 Å². The lowest BCUT2D eigenvalue weighted by Gasteiger charge is -2.37. The van der Waals surface area contributed by atoms with Crippen LogP contribution in [0.1, 0.15) is 23.3 Å². The van der Waals surface area contributed by atoms with E-state index in [1.807, 2.05) is 18.2 Å². The fourth-order valence-electron chi connectivity index (χ4n) is 2.92. The van der Waals surface area contributed by atoms with Crippen LogP contribution in [0, 0.1) is 0 Å². The molecule has 0 aromatic carbocycles. The van der Waals surface area contributed by atoms with E-state index in [4.69, 9.17) is 11.5 Å². The largest absolute Gasteiger partial charge is 0.364 e. The number of hydrogen-bond donors (Lipinski definition) is 3. The number of nitrogens with two attached hydrogens (primary N) is 2. The number of nitrogens with zero attached hydrogens (tertiary/aromatic N) is 3. The zero-order valence-electron chi connectivity index (χ0n) is 13.0. The Labute approximate surface area is 138 Å². The van der Waals surface area contributed by atoms with Gasteiger partial charge in [0, 0.05) is 6.20 Å². The third kappa shape index (κ3) is 3.34. The second-order valence-corrected chi connectivity index (χ2v) is 7.06. The molecule has 122 valence electrons. The van der Waals surface area contributed by atoms with Crippen molar-refractivity contribution in [3.8, 4) is 0 Å². The summed E-state index contributed by atoms with van der Waals surface area (Å²) in [6.07, 6.45) is 3.76. The minimum atomic E-state index is -0.543. The van der Waals surface area contributed by atoms with E-state index in [0.29, 0.717) is 15.3 Å². The molecule has 0 aliphatic carbocycles.